The summed E-state index contributed by atoms with van der Waals surface area (Å²) in [6, 6.07) is 11.8. The van der Waals surface area contributed by atoms with Crippen LogP contribution < -0.4 is 10.2 Å². The summed E-state index contributed by atoms with van der Waals surface area (Å²) >= 11 is 0. The first-order valence-electron chi connectivity index (χ1n) is 8.95. The average Bonchev–Trinajstić information content (AvgIpc) is 2.83. The molecule has 0 bridgehead atoms. The van der Waals surface area contributed by atoms with E-state index < -0.39 is 5.54 Å². The Labute approximate surface area is 147 Å². The fourth-order valence-corrected chi connectivity index (χ4v) is 4.35. The van der Waals surface area contributed by atoms with Gasteiger partial charge in [-0.1, -0.05) is 30.3 Å². The first kappa shape index (κ1) is 16.1. The molecule has 0 saturated carbocycles. The lowest BCUT2D eigenvalue weighted by Gasteiger charge is -2.37. The monoisotopic (exact) mass is 337 g/mol. The Morgan fingerprint density at radius 3 is 2.52 bits per heavy atom. The molecule has 0 unspecified atom stereocenters. The molecule has 1 N–H and O–H groups in total. The Hall–Kier alpha value is -2.40. The van der Waals surface area contributed by atoms with Crippen LogP contribution in [-0.4, -0.2) is 42.0 Å². The van der Waals surface area contributed by atoms with Crippen molar-refractivity contribution in [2.75, 3.05) is 24.5 Å². The Morgan fingerprint density at radius 1 is 1.08 bits per heavy atom. The molecule has 2 heterocycles. The Balaban J connectivity index is 1.84. The second kappa shape index (κ2) is 5.85. The van der Waals surface area contributed by atoms with Gasteiger partial charge in [-0.2, -0.15) is 0 Å². The SMILES string of the molecule is CCN1C(=O)N(c2ccc3ccccc3c2C)C(=O)C12CCNCC2. The molecular formula is C20H23N3O2. The summed E-state index contributed by atoms with van der Waals surface area (Å²) in [7, 11) is 0. The van der Waals surface area contributed by atoms with Gasteiger partial charge in [-0.3, -0.25) is 4.79 Å². The highest BCUT2D eigenvalue weighted by Crippen LogP contribution is 2.40. The molecule has 0 radical (unpaired) electrons. The molecule has 0 aliphatic carbocycles. The number of nitrogens with one attached hydrogen (secondary N) is 1. The van der Waals surface area contributed by atoms with Gasteiger partial charge in [-0.15, -0.1) is 0 Å². The van der Waals surface area contributed by atoms with Crippen LogP contribution in [0.3, 0.4) is 0 Å². The number of imide groups is 1. The minimum Gasteiger partial charge on any atom is -0.317 e. The van der Waals surface area contributed by atoms with Gasteiger partial charge in [0.25, 0.3) is 5.91 Å². The zero-order chi connectivity index (χ0) is 17.6. The number of aryl methyl sites for hydroxylation is 1. The predicted molar refractivity (Wildman–Crippen MR) is 98.8 cm³/mol. The molecule has 1 spiro atoms. The van der Waals surface area contributed by atoms with Gasteiger partial charge in [0.15, 0.2) is 0 Å². The number of carbonyl (C=O) groups is 2. The van der Waals surface area contributed by atoms with Gasteiger partial charge in [-0.25, -0.2) is 9.69 Å². The summed E-state index contributed by atoms with van der Waals surface area (Å²) in [5.74, 6) is -0.0702. The topological polar surface area (TPSA) is 52.7 Å². The highest BCUT2D eigenvalue weighted by atomic mass is 16.2. The lowest BCUT2D eigenvalue weighted by atomic mass is 9.86. The van der Waals surface area contributed by atoms with Crippen LogP contribution in [0.5, 0.6) is 0 Å². The molecule has 130 valence electrons. The number of nitrogens with zero attached hydrogens (tertiary/aromatic N) is 2. The standard InChI is InChI=1S/C20H23N3O2/c1-3-22-19(25)23(18(24)20(22)10-12-21-13-11-20)17-9-8-15-6-4-5-7-16(15)14(17)2/h4-9,21H,3,10-13H2,1-2H3. The summed E-state index contributed by atoms with van der Waals surface area (Å²) < 4.78 is 0. The summed E-state index contributed by atoms with van der Waals surface area (Å²) in [4.78, 5) is 29.7. The number of urea groups is 1. The van der Waals surface area contributed by atoms with Crippen LogP contribution in [0.4, 0.5) is 10.5 Å². The van der Waals surface area contributed by atoms with E-state index in [9.17, 15) is 9.59 Å². The third kappa shape index (κ3) is 2.19. The van der Waals surface area contributed by atoms with Gasteiger partial charge in [0, 0.05) is 6.54 Å². The van der Waals surface area contributed by atoms with E-state index in [2.05, 4.69) is 5.32 Å². The number of rotatable bonds is 2. The summed E-state index contributed by atoms with van der Waals surface area (Å²) in [5, 5.41) is 5.49. The number of likely N-dealkylation sites (N-methyl/N-ethyl adjacent to an activating group) is 1. The van der Waals surface area contributed by atoms with Crippen molar-refractivity contribution in [1.82, 2.24) is 10.2 Å². The normalized spacial score (nSPS) is 20.1. The van der Waals surface area contributed by atoms with E-state index in [1.807, 2.05) is 50.2 Å². The Morgan fingerprint density at radius 2 is 1.80 bits per heavy atom. The van der Waals surface area contributed by atoms with E-state index >= 15 is 0 Å². The van der Waals surface area contributed by atoms with Crippen LogP contribution in [0, 0.1) is 6.92 Å². The van der Waals surface area contributed by atoms with Crippen molar-refractivity contribution >= 4 is 28.4 Å². The van der Waals surface area contributed by atoms with Crippen LogP contribution in [0.1, 0.15) is 25.3 Å². The molecule has 5 heteroatoms. The van der Waals surface area contributed by atoms with E-state index in [0.29, 0.717) is 25.1 Å². The fourth-order valence-electron chi connectivity index (χ4n) is 4.35. The van der Waals surface area contributed by atoms with Crippen LogP contribution in [0.15, 0.2) is 36.4 Å². The molecule has 2 fully saturated rings. The largest absolute Gasteiger partial charge is 0.332 e. The highest BCUT2D eigenvalue weighted by molar-refractivity contribution is 6.24. The van der Waals surface area contributed by atoms with E-state index in [1.54, 1.807) is 4.90 Å². The van der Waals surface area contributed by atoms with Crippen LogP contribution >= 0.6 is 0 Å². The molecule has 0 atom stereocenters. The molecule has 3 amide bonds. The maximum absolute atomic E-state index is 13.4. The number of amides is 3. The molecule has 4 rings (SSSR count). The van der Waals surface area contributed by atoms with E-state index in [4.69, 9.17) is 0 Å². The van der Waals surface area contributed by atoms with E-state index in [0.717, 1.165) is 29.4 Å². The molecule has 2 aliphatic heterocycles. The maximum Gasteiger partial charge on any atom is 0.332 e. The summed E-state index contributed by atoms with van der Waals surface area (Å²) in [6.07, 6.45) is 1.35. The zero-order valence-electron chi connectivity index (χ0n) is 14.7. The van der Waals surface area contributed by atoms with E-state index in [1.165, 1.54) is 4.90 Å². The van der Waals surface area contributed by atoms with Crippen LogP contribution in [-0.2, 0) is 4.79 Å². The number of anilines is 1. The minimum absolute atomic E-state index is 0.0702. The van der Waals surface area contributed by atoms with Gasteiger partial charge in [0.1, 0.15) is 5.54 Å². The van der Waals surface area contributed by atoms with Crippen LogP contribution in [0.2, 0.25) is 0 Å². The summed E-state index contributed by atoms with van der Waals surface area (Å²) in [6.45, 7) is 6.02. The molecular weight excluding hydrogens is 314 g/mol. The Kier molecular flexibility index (Phi) is 3.76. The third-order valence-electron chi connectivity index (χ3n) is 5.70. The van der Waals surface area contributed by atoms with Crippen molar-refractivity contribution in [1.29, 1.82) is 0 Å². The van der Waals surface area contributed by atoms with Crippen molar-refractivity contribution in [3.63, 3.8) is 0 Å². The predicted octanol–water partition coefficient (Wildman–Crippen LogP) is 3.06. The van der Waals surface area contributed by atoms with Crippen molar-refractivity contribution < 1.29 is 9.59 Å². The molecule has 25 heavy (non-hydrogen) atoms. The number of hydrogen-bond donors (Lipinski definition) is 1. The first-order chi connectivity index (χ1) is 12.1. The van der Waals surface area contributed by atoms with Crippen molar-refractivity contribution in [3.05, 3.63) is 42.0 Å². The first-order valence-corrected chi connectivity index (χ1v) is 8.95. The molecule has 0 aromatic heterocycles. The number of piperidine rings is 1. The molecule has 2 aromatic rings. The Bertz CT molecular complexity index is 855. The summed E-state index contributed by atoms with van der Waals surface area (Å²) in [5.41, 5.74) is 0.999. The molecule has 2 aliphatic rings. The lowest BCUT2D eigenvalue weighted by Crippen LogP contribution is -2.55. The van der Waals surface area contributed by atoms with Crippen LogP contribution in [0.25, 0.3) is 10.8 Å². The molecule has 5 nitrogen and oxygen atoms in total. The number of hydrogen-bond acceptors (Lipinski definition) is 3. The van der Waals surface area contributed by atoms with Gasteiger partial charge < -0.3 is 10.2 Å². The van der Waals surface area contributed by atoms with Crippen molar-refractivity contribution in [2.24, 2.45) is 0 Å². The second-order valence-electron chi connectivity index (χ2n) is 6.88. The van der Waals surface area contributed by atoms with E-state index in [-0.39, 0.29) is 11.9 Å². The van der Waals surface area contributed by atoms with Gasteiger partial charge in [0.05, 0.1) is 5.69 Å². The molecule has 2 saturated heterocycles. The number of benzene rings is 2. The average molecular weight is 337 g/mol. The minimum atomic E-state index is -0.685. The highest BCUT2D eigenvalue weighted by Gasteiger charge is 2.57. The smallest absolute Gasteiger partial charge is 0.317 e. The quantitative estimate of drug-likeness (QED) is 0.857. The maximum atomic E-state index is 13.4. The van der Waals surface area contributed by atoms with Gasteiger partial charge in [0.2, 0.25) is 0 Å². The molecule has 2 aromatic carbocycles. The number of fused-ring (bicyclic) bond motifs is 1. The third-order valence-corrected chi connectivity index (χ3v) is 5.70. The van der Waals surface area contributed by atoms with Crippen molar-refractivity contribution in [3.8, 4) is 0 Å². The zero-order valence-corrected chi connectivity index (χ0v) is 14.7. The number of carbonyl (C=O) groups excluding carboxylic acids is 2. The van der Waals surface area contributed by atoms with Gasteiger partial charge >= 0.3 is 6.03 Å². The fraction of sp³-hybridized carbons (Fsp3) is 0.400. The lowest BCUT2D eigenvalue weighted by molar-refractivity contribution is -0.126. The van der Waals surface area contributed by atoms with Crippen molar-refractivity contribution in [2.45, 2.75) is 32.2 Å². The second-order valence-corrected chi connectivity index (χ2v) is 6.88. The van der Waals surface area contributed by atoms with Gasteiger partial charge in [-0.05, 0) is 62.2 Å².